The molecule has 0 heterocycles. The van der Waals surface area contributed by atoms with Crippen LogP contribution in [0, 0.1) is 6.92 Å². The summed E-state index contributed by atoms with van der Waals surface area (Å²) in [6, 6.07) is 7.69. The minimum atomic E-state index is -0.455. The van der Waals surface area contributed by atoms with Gasteiger partial charge in [0.1, 0.15) is 5.75 Å². The number of methoxy groups -OCH3 is 1. The summed E-state index contributed by atoms with van der Waals surface area (Å²) in [4.78, 5) is 11.8. The number of aryl methyl sites for hydroxylation is 1. The first-order valence-electron chi connectivity index (χ1n) is 6.17. The van der Waals surface area contributed by atoms with Gasteiger partial charge in [0, 0.05) is 13.7 Å². The zero-order valence-corrected chi connectivity index (χ0v) is 11.2. The summed E-state index contributed by atoms with van der Waals surface area (Å²) in [7, 11) is 1.60. The molecule has 0 saturated carbocycles. The van der Waals surface area contributed by atoms with Crippen molar-refractivity contribution in [1.29, 1.82) is 0 Å². The number of benzene rings is 1. The van der Waals surface area contributed by atoms with E-state index in [-0.39, 0.29) is 5.91 Å². The van der Waals surface area contributed by atoms with Crippen molar-refractivity contribution in [3.05, 3.63) is 29.8 Å². The van der Waals surface area contributed by atoms with E-state index in [2.05, 4.69) is 5.32 Å². The third-order valence-corrected chi connectivity index (χ3v) is 2.54. The van der Waals surface area contributed by atoms with Crippen LogP contribution in [0.1, 0.15) is 18.9 Å². The van der Waals surface area contributed by atoms with Gasteiger partial charge in [-0.05, 0) is 31.0 Å². The quantitative estimate of drug-likeness (QED) is 0.753. The second kappa shape index (κ2) is 7.71. The summed E-state index contributed by atoms with van der Waals surface area (Å²) in [5.41, 5.74) is 1.11. The summed E-state index contributed by atoms with van der Waals surface area (Å²) in [6.07, 6.45) is 0.177. The first-order chi connectivity index (χ1) is 8.67. The molecule has 100 valence electrons. The monoisotopic (exact) mass is 251 g/mol. The molecule has 1 aromatic carbocycles. The molecule has 0 aliphatic carbocycles. The smallest absolute Gasteiger partial charge is 0.261 e. The van der Waals surface area contributed by atoms with Gasteiger partial charge in [0.25, 0.3) is 5.91 Å². The van der Waals surface area contributed by atoms with E-state index in [4.69, 9.17) is 9.47 Å². The molecule has 1 unspecified atom stereocenters. The van der Waals surface area contributed by atoms with Gasteiger partial charge in [-0.25, -0.2) is 0 Å². The summed E-state index contributed by atoms with van der Waals surface area (Å²) in [6.45, 7) is 4.93. The van der Waals surface area contributed by atoms with Gasteiger partial charge in [-0.1, -0.05) is 19.1 Å². The average Bonchev–Trinajstić information content (AvgIpc) is 2.36. The Morgan fingerprint density at radius 2 is 2.22 bits per heavy atom. The Labute approximate surface area is 108 Å². The number of rotatable bonds is 7. The molecule has 4 nitrogen and oxygen atoms in total. The van der Waals surface area contributed by atoms with Crippen molar-refractivity contribution < 1.29 is 14.3 Å². The molecule has 1 N–H and O–H groups in total. The van der Waals surface area contributed by atoms with E-state index in [1.165, 1.54) is 0 Å². The highest BCUT2D eigenvalue weighted by Crippen LogP contribution is 2.15. The van der Waals surface area contributed by atoms with Crippen LogP contribution in [0.4, 0.5) is 0 Å². The van der Waals surface area contributed by atoms with Crippen LogP contribution >= 0.6 is 0 Å². The lowest BCUT2D eigenvalue weighted by molar-refractivity contribution is -0.128. The molecule has 0 aliphatic rings. The number of nitrogens with one attached hydrogen (secondary N) is 1. The fourth-order valence-corrected chi connectivity index (χ4v) is 1.57. The van der Waals surface area contributed by atoms with E-state index in [9.17, 15) is 4.79 Å². The molecule has 0 fully saturated rings. The Balaban J connectivity index is 2.53. The third-order valence-electron chi connectivity index (χ3n) is 2.54. The highest BCUT2D eigenvalue weighted by Gasteiger charge is 2.17. The predicted molar refractivity (Wildman–Crippen MR) is 70.8 cm³/mol. The zero-order chi connectivity index (χ0) is 13.4. The van der Waals surface area contributed by atoms with Crippen LogP contribution in [-0.2, 0) is 9.53 Å². The van der Waals surface area contributed by atoms with Crippen molar-refractivity contribution in [3.63, 3.8) is 0 Å². The number of carbonyl (C=O) groups excluding carboxylic acids is 1. The molecule has 0 spiro atoms. The van der Waals surface area contributed by atoms with Crippen LogP contribution in [0.3, 0.4) is 0 Å². The van der Waals surface area contributed by atoms with Gasteiger partial charge >= 0.3 is 0 Å². The molecule has 1 amide bonds. The van der Waals surface area contributed by atoms with Crippen molar-refractivity contribution >= 4 is 5.91 Å². The van der Waals surface area contributed by atoms with Gasteiger partial charge in [0.05, 0.1) is 6.61 Å². The summed E-state index contributed by atoms with van der Waals surface area (Å²) < 4.78 is 10.6. The minimum Gasteiger partial charge on any atom is -0.481 e. The van der Waals surface area contributed by atoms with E-state index >= 15 is 0 Å². The fraction of sp³-hybridized carbons (Fsp3) is 0.500. The van der Waals surface area contributed by atoms with E-state index in [1.807, 2.05) is 38.1 Å². The summed E-state index contributed by atoms with van der Waals surface area (Å²) >= 11 is 0. The maximum Gasteiger partial charge on any atom is 0.261 e. The van der Waals surface area contributed by atoms with Crippen LogP contribution in [0.15, 0.2) is 24.3 Å². The van der Waals surface area contributed by atoms with Crippen LogP contribution in [0.5, 0.6) is 5.75 Å². The van der Waals surface area contributed by atoms with Gasteiger partial charge in [-0.15, -0.1) is 0 Å². The molecule has 0 aliphatic heterocycles. The second-order valence-corrected chi connectivity index (χ2v) is 4.12. The van der Waals surface area contributed by atoms with Crippen LogP contribution < -0.4 is 10.1 Å². The Morgan fingerprint density at radius 1 is 1.44 bits per heavy atom. The summed E-state index contributed by atoms with van der Waals surface area (Å²) in [5, 5.41) is 2.78. The average molecular weight is 251 g/mol. The summed E-state index contributed by atoms with van der Waals surface area (Å²) in [5.74, 6) is 0.625. The van der Waals surface area contributed by atoms with Crippen molar-refractivity contribution in [1.82, 2.24) is 5.32 Å². The molecule has 1 aromatic rings. The van der Waals surface area contributed by atoms with Crippen LogP contribution in [0.25, 0.3) is 0 Å². The topological polar surface area (TPSA) is 47.6 Å². The third kappa shape index (κ3) is 4.75. The van der Waals surface area contributed by atoms with Crippen molar-refractivity contribution in [2.24, 2.45) is 0 Å². The maximum absolute atomic E-state index is 11.8. The first kappa shape index (κ1) is 14.5. The minimum absolute atomic E-state index is 0.101. The Kier molecular flexibility index (Phi) is 6.22. The number of hydrogen-bond donors (Lipinski definition) is 1. The highest BCUT2D eigenvalue weighted by atomic mass is 16.5. The van der Waals surface area contributed by atoms with E-state index in [1.54, 1.807) is 7.11 Å². The van der Waals surface area contributed by atoms with Gasteiger partial charge in [0.15, 0.2) is 6.10 Å². The maximum atomic E-state index is 11.8. The largest absolute Gasteiger partial charge is 0.481 e. The lowest BCUT2D eigenvalue weighted by Gasteiger charge is -2.17. The van der Waals surface area contributed by atoms with E-state index in [0.29, 0.717) is 19.6 Å². The van der Waals surface area contributed by atoms with Crippen molar-refractivity contribution in [2.75, 3.05) is 20.3 Å². The second-order valence-electron chi connectivity index (χ2n) is 4.12. The van der Waals surface area contributed by atoms with Crippen LogP contribution in [-0.4, -0.2) is 32.3 Å². The molecule has 0 aromatic heterocycles. The number of hydrogen-bond acceptors (Lipinski definition) is 3. The Morgan fingerprint density at radius 3 is 2.83 bits per heavy atom. The lowest BCUT2D eigenvalue weighted by Crippen LogP contribution is -2.39. The van der Waals surface area contributed by atoms with Crippen molar-refractivity contribution in [2.45, 2.75) is 26.4 Å². The normalized spacial score (nSPS) is 11.9. The molecule has 1 atom stereocenters. The van der Waals surface area contributed by atoms with Gasteiger partial charge in [-0.3, -0.25) is 4.79 Å². The molecular weight excluding hydrogens is 230 g/mol. The van der Waals surface area contributed by atoms with Gasteiger partial charge in [-0.2, -0.15) is 0 Å². The van der Waals surface area contributed by atoms with Gasteiger partial charge < -0.3 is 14.8 Å². The SMILES string of the molecule is CCC(Oc1cccc(C)c1)C(=O)NCCOC. The number of amides is 1. The molecule has 18 heavy (non-hydrogen) atoms. The lowest BCUT2D eigenvalue weighted by atomic mass is 10.2. The van der Waals surface area contributed by atoms with Gasteiger partial charge in [0.2, 0.25) is 0 Å². The van der Waals surface area contributed by atoms with E-state index in [0.717, 1.165) is 11.3 Å². The molecule has 4 heteroatoms. The molecule has 0 radical (unpaired) electrons. The Bertz CT molecular complexity index is 379. The molecular formula is C14H21NO3. The highest BCUT2D eigenvalue weighted by molar-refractivity contribution is 5.81. The Hall–Kier alpha value is -1.55. The predicted octanol–water partition coefficient (Wildman–Crippen LogP) is 1.92. The fourth-order valence-electron chi connectivity index (χ4n) is 1.57. The molecule has 0 bridgehead atoms. The number of carbonyl (C=O) groups is 1. The standard InChI is InChI=1S/C14H21NO3/c1-4-13(14(16)15-8-9-17-3)18-12-7-5-6-11(2)10-12/h5-7,10,13H,4,8-9H2,1-3H3,(H,15,16). The van der Waals surface area contributed by atoms with E-state index < -0.39 is 6.10 Å². The number of ether oxygens (including phenoxy) is 2. The van der Waals surface area contributed by atoms with Crippen LogP contribution in [0.2, 0.25) is 0 Å². The molecule has 1 rings (SSSR count). The molecule has 0 saturated heterocycles. The van der Waals surface area contributed by atoms with Crippen molar-refractivity contribution in [3.8, 4) is 5.75 Å². The zero-order valence-electron chi connectivity index (χ0n) is 11.2. The first-order valence-corrected chi connectivity index (χ1v) is 6.17.